The lowest BCUT2D eigenvalue weighted by atomic mass is 10.0. The second kappa shape index (κ2) is 6.51. The van der Waals surface area contributed by atoms with Gasteiger partial charge in [0.25, 0.3) is 0 Å². The zero-order valence-corrected chi connectivity index (χ0v) is 16.6. The van der Waals surface area contributed by atoms with Crippen molar-refractivity contribution in [2.45, 2.75) is 37.9 Å². The Morgan fingerprint density at radius 2 is 1.86 bits per heavy atom. The summed E-state index contributed by atoms with van der Waals surface area (Å²) in [6, 6.07) is 8.87. The molecular weight excluding hydrogens is 352 g/mol. The van der Waals surface area contributed by atoms with Crippen molar-refractivity contribution in [3.8, 4) is 0 Å². The smallest absolute Gasteiger partial charge is 0.229 e. The molecule has 0 aromatic heterocycles. The van der Waals surface area contributed by atoms with Gasteiger partial charge in [-0.25, -0.2) is 4.99 Å². The van der Waals surface area contributed by atoms with Crippen molar-refractivity contribution in [2.24, 2.45) is 4.99 Å². The normalized spacial score (nSPS) is 27.9. The summed E-state index contributed by atoms with van der Waals surface area (Å²) in [6.45, 7) is 6.39. The first-order valence-electron chi connectivity index (χ1n) is 10.2. The van der Waals surface area contributed by atoms with E-state index in [0.717, 1.165) is 50.3 Å². The molecule has 7 nitrogen and oxygen atoms in total. The van der Waals surface area contributed by atoms with Gasteiger partial charge >= 0.3 is 0 Å². The third-order valence-corrected chi connectivity index (χ3v) is 6.31. The number of nitrogens with one attached hydrogen (secondary N) is 2. The molecule has 1 saturated carbocycles. The molecule has 1 unspecified atom stereocenters. The maximum atomic E-state index is 12.5. The number of fused-ring (bicyclic) bond motifs is 1. The van der Waals surface area contributed by atoms with Crippen LogP contribution in [0.5, 0.6) is 0 Å². The summed E-state index contributed by atoms with van der Waals surface area (Å²) in [4.78, 5) is 24.1. The van der Waals surface area contributed by atoms with Crippen LogP contribution in [0, 0.1) is 0 Å². The SMILES string of the molecule is CN1CCN(c2ccc(NC3=NC4(C)C(=CN3)CC(=O)N4C3CC3)cc2)CC1. The maximum Gasteiger partial charge on any atom is 0.229 e. The number of likely N-dealkylation sites (N-methyl/N-ethyl adjacent to an activating group) is 1. The number of anilines is 2. The predicted molar refractivity (Wildman–Crippen MR) is 111 cm³/mol. The molecule has 148 valence electrons. The van der Waals surface area contributed by atoms with E-state index < -0.39 is 5.66 Å². The first-order valence-corrected chi connectivity index (χ1v) is 10.2. The Morgan fingerprint density at radius 3 is 2.54 bits per heavy atom. The molecule has 0 radical (unpaired) electrons. The summed E-state index contributed by atoms with van der Waals surface area (Å²) in [5.74, 6) is 0.888. The molecule has 0 bridgehead atoms. The van der Waals surface area contributed by atoms with Gasteiger partial charge in [0.05, 0.1) is 6.42 Å². The summed E-state index contributed by atoms with van der Waals surface area (Å²) in [6.07, 6.45) is 4.60. The molecule has 3 fully saturated rings. The molecule has 1 atom stereocenters. The van der Waals surface area contributed by atoms with Crippen LogP contribution in [-0.2, 0) is 4.79 Å². The van der Waals surface area contributed by atoms with E-state index in [2.05, 4.69) is 58.7 Å². The van der Waals surface area contributed by atoms with Crippen molar-refractivity contribution in [3.05, 3.63) is 36.0 Å². The Bertz CT molecular complexity index is 835. The lowest BCUT2D eigenvalue weighted by Crippen LogP contribution is -2.48. The number of carbonyl (C=O) groups excluding carboxylic acids is 1. The third kappa shape index (κ3) is 3.03. The molecule has 1 aliphatic carbocycles. The van der Waals surface area contributed by atoms with E-state index >= 15 is 0 Å². The number of hydrogen-bond acceptors (Lipinski definition) is 6. The van der Waals surface area contributed by atoms with Gasteiger partial charge in [-0.15, -0.1) is 0 Å². The summed E-state index contributed by atoms with van der Waals surface area (Å²) in [5.41, 5.74) is 2.76. The van der Waals surface area contributed by atoms with Gasteiger partial charge in [0.1, 0.15) is 0 Å². The van der Waals surface area contributed by atoms with Gasteiger partial charge in [-0.05, 0) is 51.1 Å². The second-order valence-electron chi connectivity index (χ2n) is 8.43. The summed E-state index contributed by atoms with van der Waals surface area (Å²) in [5, 5.41) is 6.61. The first-order chi connectivity index (χ1) is 13.5. The van der Waals surface area contributed by atoms with Gasteiger partial charge in [-0.2, -0.15) is 0 Å². The molecule has 0 spiro atoms. The largest absolute Gasteiger partial charge is 0.369 e. The highest BCUT2D eigenvalue weighted by atomic mass is 16.2. The van der Waals surface area contributed by atoms with Crippen LogP contribution in [0.25, 0.3) is 0 Å². The van der Waals surface area contributed by atoms with E-state index in [-0.39, 0.29) is 5.91 Å². The van der Waals surface area contributed by atoms with Crippen LogP contribution in [0.2, 0.25) is 0 Å². The van der Waals surface area contributed by atoms with E-state index in [1.807, 2.05) is 11.1 Å². The van der Waals surface area contributed by atoms with Crippen LogP contribution in [0.1, 0.15) is 26.2 Å². The van der Waals surface area contributed by atoms with Gasteiger partial charge in [-0.3, -0.25) is 4.79 Å². The quantitative estimate of drug-likeness (QED) is 0.837. The minimum absolute atomic E-state index is 0.194. The van der Waals surface area contributed by atoms with E-state index in [1.54, 1.807) is 0 Å². The van der Waals surface area contributed by atoms with E-state index in [1.165, 1.54) is 5.69 Å². The Hall–Kier alpha value is -2.54. The molecule has 3 aliphatic heterocycles. The van der Waals surface area contributed by atoms with Gasteiger partial charge in [-0.1, -0.05) is 0 Å². The highest BCUT2D eigenvalue weighted by Gasteiger charge is 2.52. The summed E-state index contributed by atoms with van der Waals surface area (Å²) < 4.78 is 0. The molecule has 2 N–H and O–H groups in total. The zero-order chi connectivity index (χ0) is 19.3. The lowest BCUT2D eigenvalue weighted by Gasteiger charge is -2.35. The molecule has 28 heavy (non-hydrogen) atoms. The van der Waals surface area contributed by atoms with Gasteiger partial charge < -0.3 is 25.3 Å². The van der Waals surface area contributed by atoms with Crippen LogP contribution >= 0.6 is 0 Å². The number of likely N-dealkylation sites (tertiary alicyclic amines) is 1. The predicted octanol–water partition coefficient (Wildman–Crippen LogP) is 1.80. The second-order valence-corrected chi connectivity index (χ2v) is 8.43. The van der Waals surface area contributed by atoms with Crippen LogP contribution in [0.4, 0.5) is 11.4 Å². The Morgan fingerprint density at radius 1 is 1.14 bits per heavy atom. The average Bonchev–Trinajstić information content (AvgIpc) is 3.46. The first kappa shape index (κ1) is 17.6. The van der Waals surface area contributed by atoms with Crippen molar-refractivity contribution >= 4 is 23.2 Å². The van der Waals surface area contributed by atoms with E-state index in [4.69, 9.17) is 4.99 Å². The molecule has 4 aliphatic rings. The Balaban J connectivity index is 1.30. The van der Waals surface area contributed by atoms with Crippen molar-refractivity contribution < 1.29 is 4.79 Å². The number of rotatable bonds is 3. The summed E-state index contributed by atoms with van der Waals surface area (Å²) >= 11 is 0. The van der Waals surface area contributed by atoms with E-state index in [0.29, 0.717) is 18.4 Å². The Labute approximate surface area is 166 Å². The number of hydrogen-bond donors (Lipinski definition) is 2. The molecule has 7 heteroatoms. The monoisotopic (exact) mass is 380 g/mol. The maximum absolute atomic E-state index is 12.5. The molecule has 1 aromatic rings. The van der Waals surface area contributed by atoms with Gasteiger partial charge in [0.2, 0.25) is 11.9 Å². The standard InChI is InChI=1S/C21H28N6O/c1-21-15(13-19(28)27(21)18-7-8-18)14-22-20(24-21)23-16-3-5-17(6-4-16)26-11-9-25(2)10-12-26/h3-6,14,18H,7-13H2,1-2H3,(H2,22,23,24). The fraction of sp³-hybridized carbons (Fsp3) is 0.524. The Kier molecular flexibility index (Phi) is 4.08. The van der Waals surface area contributed by atoms with Crippen molar-refractivity contribution in [1.82, 2.24) is 15.1 Å². The molecule has 3 heterocycles. The highest BCUT2D eigenvalue weighted by Crippen LogP contribution is 2.44. The molecular formula is C21H28N6O. The van der Waals surface area contributed by atoms with E-state index in [9.17, 15) is 4.79 Å². The van der Waals surface area contributed by atoms with Gasteiger partial charge in [0.15, 0.2) is 5.66 Å². The molecule has 1 amide bonds. The number of aliphatic imine (C=N–C) groups is 1. The number of piperazine rings is 1. The third-order valence-electron chi connectivity index (χ3n) is 6.31. The molecule has 1 aromatic carbocycles. The molecule has 5 rings (SSSR count). The van der Waals surface area contributed by atoms with Crippen LogP contribution in [0.15, 0.2) is 41.0 Å². The average molecular weight is 380 g/mol. The fourth-order valence-electron chi connectivity index (χ4n) is 4.44. The summed E-state index contributed by atoms with van der Waals surface area (Å²) in [7, 11) is 2.17. The fourth-order valence-corrected chi connectivity index (χ4v) is 4.44. The topological polar surface area (TPSA) is 63.2 Å². The van der Waals surface area contributed by atoms with Crippen LogP contribution in [0.3, 0.4) is 0 Å². The number of carbonyl (C=O) groups is 1. The van der Waals surface area contributed by atoms with Gasteiger partial charge in [0, 0.05) is 55.4 Å². The highest BCUT2D eigenvalue weighted by molar-refractivity contribution is 5.97. The van der Waals surface area contributed by atoms with Crippen molar-refractivity contribution in [2.75, 3.05) is 43.4 Å². The molecule has 2 saturated heterocycles. The van der Waals surface area contributed by atoms with Crippen LogP contribution in [-0.4, -0.2) is 66.6 Å². The minimum atomic E-state index is -0.550. The number of guanidine groups is 1. The number of amides is 1. The lowest BCUT2D eigenvalue weighted by molar-refractivity contribution is -0.131. The van der Waals surface area contributed by atoms with Crippen molar-refractivity contribution in [3.63, 3.8) is 0 Å². The zero-order valence-electron chi connectivity index (χ0n) is 16.6. The minimum Gasteiger partial charge on any atom is -0.369 e. The number of nitrogens with zero attached hydrogens (tertiary/aromatic N) is 4. The van der Waals surface area contributed by atoms with Crippen LogP contribution < -0.4 is 15.5 Å². The number of benzene rings is 1. The van der Waals surface area contributed by atoms with Crippen molar-refractivity contribution in [1.29, 1.82) is 0 Å².